The van der Waals surface area contributed by atoms with Gasteiger partial charge in [0.25, 0.3) is 0 Å². The Morgan fingerprint density at radius 3 is 2.43 bits per heavy atom. The van der Waals surface area contributed by atoms with Crippen molar-refractivity contribution in [3.63, 3.8) is 0 Å². The lowest BCUT2D eigenvalue weighted by Crippen LogP contribution is -2.46. The number of hydrogen-bond acceptors (Lipinski definition) is 4. The zero-order chi connectivity index (χ0) is 17.2. The molecule has 1 amide bonds. The minimum absolute atomic E-state index is 0.285. The van der Waals surface area contributed by atoms with Crippen LogP contribution < -0.4 is 0 Å². The van der Waals surface area contributed by atoms with E-state index >= 15 is 0 Å². The monoisotopic (exact) mass is 317 g/mol. The van der Waals surface area contributed by atoms with Crippen molar-refractivity contribution in [2.45, 2.75) is 52.0 Å². The third-order valence-electron chi connectivity index (χ3n) is 3.41. The molecule has 2 atom stereocenters. The van der Waals surface area contributed by atoms with Gasteiger partial charge in [0.2, 0.25) is 0 Å². The molecule has 0 spiro atoms. The number of amides is 1. The molecule has 5 heteroatoms. The van der Waals surface area contributed by atoms with Gasteiger partial charge >= 0.3 is 12.1 Å². The molecule has 5 nitrogen and oxygen atoms in total. The van der Waals surface area contributed by atoms with E-state index in [4.69, 9.17) is 9.47 Å². The van der Waals surface area contributed by atoms with Crippen LogP contribution in [0.15, 0.2) is 42.5 Å². The summed E-state index contributed by atoms with van der Waals surface area (Å²) >= 11 is 0. The molecule has 1 aliphatic heterocycles. The second-order valence-electron chi connectivity index (χ2n) is 6.74. The van der Waals surface area contributed by atoms with E-state index in [1.54, 1.807) is 27.7 Å². The summed E-state index contributed by atoms with van der Waals surface area (Å²) in [5, 5.41) is 0. The summed E-state index contributed by atoms with van der Waals surface area (Å²) in [6, 6.07) is 8.64. The minimum atomic E-state index is -0.820. The Labute approximate surface area is 136 Å². The van der Waals surface area contributed by atoms with E-state index in [1.807, 2.05) is 30.3 Å². The van der Waals surface area contributed by atoms with E-state index < -0.39 is 29.8 Å². The fourth-order valence-electron chi connectivity index (χ4n) is 2.44. The van der Waals surface area contributed by atoms with E-state index in [0.717, 1.165) is 5.56 Å². The molecule has 0 radical (unpaired) electrons. The number of carbonyl (C=O) groups is 2. The standard InChI is InChI=1S/C18H23NO4/c1-12(2)15-14(16(20)23-18(3,4)5)19(17(21)22-15)11-13-9-7-6-8-10-13/h6-10,14-15H,1,11H2,2-5H3/t14-,15+/m1/s1. The zero-order valence-corrected chi connectivity index (χ0v) is 14.0. The van der Waals surface area contributed by atoms with Crippen LogP contribution in [-0.4, -0.2) is 34.7 Å². The quantitative estimate of drug-likeness (QED) is 0.631. The lowest BCUT2D eigenvalue weighted by Gasteiger charge is -2.27. The van der Waals surface area contributed by atoms with Gasteiger partial charge in [-0.1, -0.05) is 36.9 Å². The zero-order valence-electron chi connectivity index (χ0n) is 14.0. The Bertz CT molecular complexity index is 603. The van der Waals surface area contributed by atoms with Crippen molar-refractivity contribution in [1.29, 1.82) is 0 Å². The average Bonchev–Trinajstić information content (AvgIpc) is 2.76. The van der Waals surface area contributed by atoms with E-state index in [2.05, 4.69) is 6.58 Å². The summed E-state index contributed by atoms with van der Waals surface area (Å²) in [5.41, 5.74) is 0.894. The second-order valence-corrected chi connectivity index (χ2v) is 6.74. The topological polar surface area (TPSA) is 55.8 Å². The molecule has 1 aromatic carbocycles. The highest BCUT2D eigenvalue weighted by Gasteiger charge is 2.48. The summed E-state index contributed by atoms with van der Waals surface area (Å²) in [7, 11) is 0. The van der Waals surface area contributed by atoms with Crippen LogP contribution in [0.4, 0.5) is 4.79 Å². The first-order valence-corrected chi connectivity index (χ1v) is 7.58. The number of benzene rings is 1. The Balaban J connectivity index is 2.27. The molecule has 23 heavy (non-hydrogen) atoms. The minimum Gasteiger partial charge on any atom is -0.458 e. The molecule has 0 aliphatic carbocycles. The highest BCUT2D eigenvalue weighted by atomic mass is 16.6. The molecule has 2 rings (SSSR count). The van der Waals surface area contributed by atoms with Crippen LogP contribution in [0.3, 0.4) is 0 Å². The third kappa shape index (κ3) is 4.12. The van der Waals surface area contributed by atoms with Gasteiger partial charge in [-0.25, -0.2) is 9.59 Å². The fourth-order valence-corrected chi connectivity index (χ4v) is 2.44. The first kappa shape index (κ1) is 17.1. The number of ether oxygens (including phenoxy) is 2. The van der Waals surface area contributed by atoms with Crippen molar-refractivity contribution in [2.75, 3.05) is 0 Å². The first-order valence-electron chi connectivity index (χ1n) is 7.58. The predicted molar refractivity (Wildman–Crippen MR) is 86.7 cm³/mol. The van der Waals surface area contributed by atoms with Gasteiger partial charge in [-0.15, -0.1) is 0 Å². The molecule has 0 unspecified atom stereocenters. The normalized spacial score (nSPS) is 21.0. The molecule has 1 fully saturated rings. The number of nitrogens with zero attached hydrogens (tertiary/aromatic N) is 1. The van der Waals surface area contributed by atoms with Gasteiger partial charge in [-0.2, -0.15) is 0 Å². The van der Waals surface area contributed by atoms with Gasteiger partial charge in [0, 0.05) is 0 Å². The van der Waals surface area contributed by atoms with Crippen LogP contribution in [0.1, 0.15) is 33.3 Å². The van der Waals surface area contributed by atoms with Crippen LogP contribution in [0, 0.1) is 0 Å². The first-order chi connectivity index (χ1) is 10.7. The number of rotatable bonds is 4. The summed E-state index contributed by atoms with van der Waals surface area (Å²) in [6.07, 6.45) is -1.22. The second kappa shape index (κ2) is 6.44. The summed E-state index contributed by atoms with van der Waals surface area (Å²) in [4.78, 5) is 26.2. The molecule has 124 valence electrons. The van der Waals surface area contributed by atoms with Crippen molar-refractivity contribution in [3.05, 3.63) is 48.0 Å². The lowest BCUT2D eigenvalue weighted by atomic mass is 10.0. The van der Waals surface area contributed by atoms with E-state index in [1.165, 1.54) is 4.90 Å². The van der Waals surface area contributed by atoms with Gasteiger partial charge < -0.3 is 9.47 Å². The highest BCUT2D eigenvalue weighted by molar-refractivity contribution is 5.86. The molecule has 1 aliphatic rings. The SMILES string of the molecule is C=C(C)[C@@H]1OC(=O)N(Cc2ccccc2)[C@H]1C(=O)OC(C)(C)C. The molecule has 1 saturated heterocycles. The number of esters is 1. The van der Waals surface area contributed by atoms with Crippen molar-refractivity contribution in [3.8, 4) is 0 Å². The molecule has 1 heterocycles. The van der Waals surface area contributed by atoms with Crippen LogP contribution >= 0.6 is 0 Å². The molecule has 0 N–H and O–H groups in total. The van der Waals surface area contributed by atoms with E-state index in [9.17, 15) is 9.59 Å². The van der Waals surface area contributed by atoms with Crippen LogP contribution in [0.2, 0.25) is 0 Å². The summed E-state index contributed by atoms with van der Waals surface area (Å²) in [6.45, 7) is 11.2. The van der Waals surface area contributed by atoms with Gasteiger partial charge in [-0.05, 0) is 38.8 Å². The fraction of sp³-hybridized carbons (Fsp3) is 0.444. The van der Waals surface area contributed by atoms with E-state index in [-0.39, 0.29) is 6.54 Å². The number of carbonyl (C=O) groups excluding carboxylic acids is 2. The summed E-state index contributed by atoms with van der Waals surface area (Å²) < 4.78 is 10.8. The number of hydrogen-bond donors (Lipinski definition) is 0. The van der Waals surface area contributed by atoms with Gasteiger partial charge in [0.05, 0.1) is 6.54 Å². The molecule has 0 bridgehead atoms. The Kier molecular flexibility index (Phi) is 4.78. The molecular formula is C18H23NO4. The lowest BCUT2D eigenvalue weighted by molar-refractivity contribution is -0.160. The van der Waals surface area contributed by atoms with Crippen molar-refractivity contribution in [2.24, 2.45) is 0 Å². The predicted octanol–water partition coefficient (Wildman–Crippen LogP) is 3.29. The maximum Gasteiger partial charge on any atom is 0.411 e. The van der Waals surface area contributed by atoms with Crippen LogP contribution in [0.5, 0.6) is 0 Å². The van der Waals surface area contributed by atoms with Gasteiger partial charge in [0.1, 0.15) is 5.60 Å². The van der Waals surface area contributed by atoms with Crippen molar-refractivity contribution in [1.82, 2.24) is 4.90 Å². The third-order valence-corrected chi connectivity index (χ3v) is 3.41. The molecule has 0 aromatic heterocycles. The van der Waals surface area contributed by atoms with Crippen LogP contribution in [0.25, 0.3) is 0 Å². The highest BCUT2D eigenvalue weighted by Crippen LogP contribution is 2.28. The Morgan fingerprint density at radius 1 is 1.30 bits per heavy atom. The molecule has 1 aromatic rings. The van der Waals surface area contributed by atoms with Crippen molar-refractivity contribution >= 4 is 12.1 Å². The Morgan fingerprint density at radius 2 is 1.91 bits per heavy atom. The van der Waals surface area contributed by atoms with Gasteiger partial charge in [-0.3, -0.25) is 4.90 Å². The van der Waals surface area contributed by atoms with Crippen LogP contribution in [-0.2, 0) is 20.8 Å². The smallest absolute Gasteiger partial charge is 0.411 e. The summed E-state index contributed by atoms with van der Waals surface area (Å²) in [5.74, 6) is -0.479. The molecular weight excluding hydrogens is 294 g/mol. The largest absolute Gasteiger partial charge is 0.458 e. The Hall–Kier alpha value is -2.30. The molecule has 0 saturated carbocycles. The number of cyclic esters (lactones) is 1. The maximum atomic E-state index is 12.6. The van der Waals surface area contributed by atoms with Crippen molar-refractivity contribution < 1.29 is 19.1 Å². The maximum absolute atomic E-state index is 12.6. The van der Waals surface area contributed by atoms with Gasteiger partial charge in [0.15, 0.2) is 12.1 Å². The average molecular weight is 317 g/mol. The van der Waals surface area contributed by atoms with E-state index in [0.29, 0.717) is 5.57 Å².